The van der Waals surface area contributed by atoms with Crippen molar-refractivity contribution < 1.29 is 14.6 Å². The van der Waals surface area contributed by atoms with Crippen molar-refractivity contribution in [2.24, 2.45) is 0 Å². The summed E-state index contributed by atoms with van der Waals surface area (Å²) >= 11 is 0. The van der Waals surface area contributed by atoms with E-state index < -0.39 is 5.97 Å². The number of aromatic amines is 1. The summed E-state index contributed by atoms with van der Waals surface area (Å²) in [5.41, 5.74) is 0. The van der Waals surface area contributed by atoms with E-state index in [4.69, 9.17) is 9.84 Å². The molecule has 0 radical (unpaired) electrons. The van der Waals surface area contributed by atoms with Crippen LogP contribution >= 0.6 is 0 Å². The van der Waals surface area contributed by atoms with Crippen molar-refractivity contribution in [1.82, 2.24) is 20.5 Å². The summed E-state index contributed by atoms with van der Waals surface area (Å²) < 4.78 is 5.37. The number of aromatic nitrogens is 3. The molecule has 76 valence electrons. The Morgan fingerprint density at radius 2 is 2.50 bits per heavy atom. The van der Waals surface area contributed by atoms with E-state index in [1.54, 1.807) is 0 Å². The molecular formula is C7H10N4O3. The molecule has 1 aromatic rings. The summed E-state index contributed by atoms with van der Waals surface area (Å²) in [6, 6.07) is 0. The van der Waals surface area contributed by atoms with E-state index >= 15 is 0 Å². The Hall–Kier alpha value is -1.47. The molecule has 0 amide bonds. The van der Waals surface area contributed by atoms with Gasteiger partial charge in [-0.05, 0) is 0 Å². The van der Waals surface area contributed by atoms with Gasteiger partial charge in [0.2, 0.25) is 0 Å². The number of ether oxygens (including phenoxy) is 1. The van der Waals surface area contributed by atoms with E-state index in [9.17, 15) is 4.79 Å². The highest BCUT2D eigenvalue weighted by Crippen LogP contribution is 2.13. The fourth-order valence-electron chi connectivity index (χ4n) is 1.25. The molecule has 7 nitrogen and oxygen atoms in total. The zero-order chi connectivity index (χ0) is 9.97. The predicted molar refractivity (Wildman–Crippen MR) is 44.9 cm³/mol. The number of rotatable bonds is 2. The van der Waals surface area contributed by atoms with Crippen LogP contribution in [0.1, 0.15) is 22.5 Å². The van der Waals surface area contributed by atoms with Gasteiger partial charge in [0, 0.05) is 13.1 Å². The molecule has 1 unspecified atom stereocenters. The van der Waals surface area contributed by atoms with Gasteiger partial charge in [-0.2, -0.15) is 0 Å². The van der Waals surface area contributed by atoms with Gasteiger partial charge in [0.1, 0.15) is 6.10 Å². The molecule has 3 N–H and O–H groups in total. The number of nitrogens with zero attached hydrogens (tertiary/aromatic N) is 2. The first kappa shape index (κ1) is 9.10. The highest BCUT2D eigenvalue weighted by atomic mass is 16.5. The molecule has 7 heteroatoms. The normalized spacial score (nSPS) is 22.1. The number of aromatic carboxylic acids is 1. The smallest absolute Gasteiger partial charge is 0.375 e. The molecule has 0 aliphatic carbocycles. The average Bonchev–Trinajstić information content (AvgIpc) is 2.68. The molecule has 0 saturated carbocycles. The van der Waals surface area contributed by atoms with Crippen molar-refractivity contribution in [2.45, 2.75) is 6.10 Å². The average molecular weight is 198 g/mol. The monoisotopic (exact) mass is 198 g/mol. The minimum Gasteiger partial charge on any atom is -0.475 e. The van der Waals surface area contributed by atoms with E-state index in [-0.39, 0.29) is 11.9 Å². The molecule has 1 fully saturated rings. The third kappa shape index (κ3) is 1.73. The Bertz CT molecular complexity index is 331. The summed E-state index contributed by atoms with van der Waals surface area (Å²) in [6.45, 7) is 2.01. The van der Waals surface area contributed by atoms with Gasteiger partial charge >= 0.3 is 5.97 Å². The third-order valence-corrected chi connectivity index (χ3v) is 1.93. The largest absolute Gasteiger partial charge is 0.475 e. The Kier molecular flexibility index (Phi) is 2.42. The Morgan fingerprint density at radius 1 is 1.64 bits per heavy atom. The first-order valence-corrected chi connectivity index (χ1v) is 4.25. The van der Waals surface area contributed by atoms with Gasteiger partial charge in [-0.25, -0.2) is 9.78 Å². The summed E-state index contributed by atoms with van der Waals surface area (Å²) in [6.07, 6.45) is -0.232. The molecule has 1 atom stereocenters. The molecule has 0 spiro atoms. The second-order valence-electron chi connectivity index (χ2n) is 2.91. The predicted octanol–water partition coefficient (Wildman–Crippen LogP) is -0.836. The quantitative estimate of drug-likeness (QED) is 0.573. The molecular weight excluding hydrogens is 188 g/mol. The summed E-state index contributed by atoms with van der Waals surface area (Å²) in [5.74, 6) is -0.917. The zero-order valence-electron chi connectivity index (χ0n) is 7.36. The summed E-state index contributed by atoms with van der Waals surface area (Å²) in [5, 5.41) is 17.8. The number of carboxylic acid groups (broad SMARTS) is 1. The van der Waals surface area contributed by atoms with E-state index in [2.05, 4.69) is 20.5 Å². The van der Waals surface area contributed by atoms with E-state index in [1.807, 2.05) is 0 Å². The van der Waals surface area contributed by atoms with Crippen molar-refractivity contribution >= 4 is 5.97 Å². The van der Waals surface area contributed by atoms with E-state index in [0.717, 1.165) is 6.54 Å². The number of morpholine rings is 1. The lowest BCUT2D eigenvalue weighted by atomic mass is 10.3. The van der Waals surface area contributed by atoms with Crippen molar-refractivity contribution in [3.63, 3.8) is 0 Å². The second-order valence-corrected chi connectivity index (χ2v) is 2.91. The van der Waals surface area contributed by atoms with Gasteiger partial charge in [-0.15, -0.1) is 5.10 Å². The highest BCUT2D eigenvalue weighted by Gasteiger charge is 2.21. The zero-order valence-corrected chi connectivity index (χ0v) is 7.36. The lowest BCUT2D eigenvalue weighted by Crippen LogP contribution is -2.33. The number of carboxylic acids is 1. The Labute approximate surface area is 79.5 Å². The van der Waals surface area contributed by atoms with Crippen LogP contribution in [-0.2, 0) is 4.74 Å². The highest BCUT2D eigenvalue weighted by molar-refractivity contribution is 5.82. The van der Waals surface area contributed by atoms with Crippen LogP contribution in [0.3, 0.4) is 0 Å². The van der Waals surface area contributed by atoms with Crippen LogP contribution in [0.5, 0.6) is 0 Å². The standard InChI is InChI=1S/C7H10N4O3/c12-7(13)6-9-5(10-11-6)4-3-8-1-2-14-4/h4,8H,1-3H2,(H,12,13)(H,9,10,11). The van der Waals surface area contributed by atoms with Crippen LogP contribution in [0.15, 0.2) is 0 Å². The third-order valence-electron chi connectivity index (χ3n) is 1.93. The molecule has 14 heavy (non-hydrogen) atoms. The van der Waals surface area contributed by atoms with Crippen molar-refractivity contribution in [3.8, 4) is 0 Å². The van der Waals surface area contributed by atoms with Gasteiger partial charge in [0.25, 0.3) is 5.82 Å². The Morgan fingerprint density at radius 3 is 3.07 bits per heavy atom. The fourth-order valence-corrected chi connectivity index (χ4v) is 1.25. The van der Waals surface area contributed by atoms with Crippen molar-refractivity contribution in [3.05, 3.63) is 11.6 Å². The topological polar surface area (TPSA) is 100 Å². The molecule has 0 aromatic carbocycles. The van der Waals surface area contributed by atoms with Gasteiger partial charge in [0.15, 0.2) is 5.82 Å². The van der Waals surface area contributed by atoms with Crippen LogP contribution in [-0.4, -0.2) is 46.0 Å². The van der Waals surface area contributed by atoms with E-state index in [1.165, 1.54) is 0 Å². The maximum atomic E-state index is 10.5. The van der Waals surface area contributed by atoms with Gasteiger partial charge in [-0.3, -0.25) is 5.10 Å². The van der Waals surface area contributed by atoms with Crippen molar-refractivity contribution in [2.75, 3.05) is 19.7 Å². The lowest BCUT2D eigenvalue weighted by molar-refractivity contribution is 0.0223. The van der Waals surface area contributed by atoms with Crippen LogP contribution < -0.4 is 5.32 Å². The number of H-pyrrole nitrogens is 1. The minimum absolute atomic E-state index is 0.228. The summed E-state index contributed by atoms with van der Waals surface area (Å²) in [7, 11) is 0. The molecule has 2 heterocycles. The molecule has 2 rings (SSSR count). The van der Waals surface area contributed by atoms with Crippen LogP contribution in [0, 0.1) is 0 Å². The fraction of sp³-hybridized carbons (Fsp3) is 0.571. The molecule has 1 saturated heterocycles. The second kappa shape index (κ2) is 3.72. The van der Waals surface area contributed by atoms with Crippen LogP contribution in [0.25, 0.3) is 0 Å². The SMILES string of the molecule is O=C(O)c1n[nH]c(C2CNCCO2)n1. The first-order valence-electron chi connectivity index (χ1n) is 4.25. The maximum Gasteiger partial charge on any atom is 0.375 e. The molecule has 1 aromatic heterocycles. The lowest BCUT2D eigenvalue weighted by Gasteiger charge is -2.21. The van der Waals surface area contributed by atoms with Crippen molar-refractivity contribution in [1.29, 1.82) is 0 Å². The van der Waals surface area contributed by atoms with Gasteiger partial charge < -0.3 is 15.2 Å². The van der Waals surface area contributed by atoms with Gasteiger partial charge in [0.05, 0.1) is 6.61 Å². The maximum absolute atomic E-state index is 10.5. The first-order chi connectivity index (χ1) is 6.77. The molecule has 0 bridgehead atoms. The number of carbonyl (C=O) groups is 1. The van der Waals surface area contributed by atoms with Crippen LogP contribution in [0.2, 0.25) is 0 Å². The molecule has 1 aliphatic rings. The van der Waals surface area contributed by atoms with E-state index in [0.29, 0.717) is 19.0 Å². The number of hydrogen-bond acceptors (Lipinski definition) is 5. The summed E-state index contributed by atoms with van der Waals surface area (Å²) in [4.78, 5) is 14.3. The van der Waals surface area contributed by atoms with Crippen LogP contribution in [0.4, 0.5) is 0 Å². The minimum atomic E-state index is -1.14. The molecule has 1 aliphatic heterocycles. The number of nitrogens with one attached hydrogen (secondary N) is 2. The Balaban J connectivity index is 2.11. The van der Waals surface area contributed by atoms with Gasteiger partial charge in [-0.1, -0.05) is 0 Å². The number of hydrogen-bond donors (Lipinski definition) is 3.